The van der Waals surface area contributed by atoms with Gasteiger partial charge in [-0.15, -0.1) is 0 Å². The van der Waals surface area contributed by atoms with Gasteiger partial charge in [0.1, 0.15) is 0 Å². The van der Waals surface area contributed by atoms with Crippen molar-refractivity contribution in [2.24, 2.45) is 0 Å². The van der Waals surface area contributed by atoms with Gasteiger partial charge in [0.15, 0.2) is 0 Å². The summed E-state index contributed by atoms with van der Waals surface area (Å²) >= 11 is 0. The molecule has 2 rings (SSSR count). The van der Waals surface area contributed by atoms with Crippen molar-refractivity contribution in [1.82, 2.24) is 0 Å². The highest BCUT2D eigenvalue weighted by Gasteiger charge is 2.31. The number of benzene rings is 2. The second-order valence-electron chi connectivity index (χ2n) is 4.55. The number of halogens is 4. The Bertz CT molecular complexity index is 897. The van der Waals surface area contributed by atoms with E-state index in [-0.39, 0.29) is 0 Å². The van der Waals surface area contributed by atoms with Crippen molar-refractivity contribution in [3.8, 4) is 0 Å². The monoisotopic (exact) mass is 364 g/mol. The predicted molar refractivity (Wildman–Crippen MR) is 75.3 cm³/mol. The number of nitrogens with zero attached hydrogens (tertiary/aromatic N) is 1. The average molecular weight is 364 g/mol. The minimum absolute atomic E-state index is 0.392. The van der Waals surface area contributed by atoms with Crippen LogP contribution in [0.5, 0.6) is 0 Å². The second kappa shape index (κ2) is 6.07. The molecule has 11 heteroatoms. The SMILES string of the molecule is O=[N+]([O-])c1cc(S(=O)(=O)Nc2cccc(C(F)(F)F)c2)ccc1F. The van der Waals surface area contributed by atoms with E-state index in [0.717, 1.165) is 24.3 Å². The molecule has 0 unspecified atom stereocenters. The third-order valence-electron chi connectivity index (χ3n) is 2.87. The number of sulfonamides is 1. The molecule has 0 atom stereocenters. The maximum Gasteiger partial charge on any atom is 0.416 e. The van der Waals surface area contributed by atoms with Crippen molar-refractivity contribution in [2.75, 3.05) is 4.72 Å². The number of nitro groups is 1. The van der Waals surface area contributed by atoms with Crippen LogP contribution in [0.2, 0.25) is 0 Å². The zero-order valence-corrected chi connectivity index (χ0v) is 12.4. The van der Waals surface area contributed by atoms with Gasteiger partial charge in [-0.1, -0.05) is 6.07 Å². The van der Waals surface area contributed by atoms with E-state index in [1.165, 1.54) is 0 Å². The van der Waals surface area contributed by atoms with Gasteiger partial charge in [0, 0.05) is 11.8 Å². The molecule has 0 saturated carbocycles. The van der Waals surface area contributed by atoms with Crippen LogP contribution in [0.25, 0.3) is 0 Å². The van der Waals surface area contributed by atoms with Gasteiger partial charge in [0.2, 0.25) is 5.82 Å². The predicted octanol–water partition coefficient (Wildman–Crippen LogP) is 3.55. The molecule has 2 aromatic rings. The third kappa shape index (κ3) is 3.79. The summed E-state index contributed by atoms with van der Waals surface area (Å²) < 4.78 is 77.2. The lowest BCUT2D eigenvalue weighted by atomic mass is 10.2. The number of nitrogens with one attached hydrogen (secondary N) is 1. The molecule has 1 N–H and O–H groups in total. The molecule has 2 aromatic carbocycles. The highest BCUT2D eigenvalue weighted by molar-refractivity contribution is 7.92. The van der Waals surface area contributed by atoms with Crippen LogP contribution in [-0.4, -0.2) is 13.3 Å². The molecule has 0 heterocycles. The number of anilines is 1. The maximum absolute atomic E-state index is 13.2. The van der Waals surface area contributed by atoms with E-state index in [0.29, 0.717) is 18.2 Å². The molecule has 0 aliphatic heterocycles. The number of hydrogen-bond donors (Lipinski definition) is 1. The van der Waals surface area contributed by atoms with Gasteiger partial charge in [-0.25, -0.2) is 8.42 Å². The molecular weight excluding hydrogens is 356 g/mol. The summed E-state index contributed by atoms with van der Waals surface area (Å²) in [4.78, 5) is 8.87. The molecule has 0 saturated heterocycles. The lowest BCUT2D eigenvalue weighted by molar-refractivity contribution is -0.387. The van der Waals surface area contributed by atoms with Crippen LogP contribution in [0, 0.1) is 15.9 Å². The summed E-state index contributed by atoms with van der Waals surface area (Å²) in [5.74, 6) is -1.24. The molecule has 0 aliphatic carbocycles. The quantitative estimate of drug-likeness (QED) is 0.510. The molecule has 0 aromatic heterocycles. The van der Waals surface area contributed by atoms with Crippen LogP contribution in [0.3, 0.4) is 0 Å². The fourth-order valence-corrected chi connectivity index (χ4v) is 2.84. The van der Waals surface area contributed by atoms with Crippen LogP contribution in [0.4, 0.5) is 28.9 Å². The molecule has 0 aliphatic rings. The Morgan fingerprint density at radius 3 is 2.33 bits per heavy atom. The molecule has 0 bridgehead atoms. The van der Waals surface area contributed by atoms with E-state index in [1.807, 2.05) is 4.72 Å². The molecule has 6 nitrogen and oxygen atoms in total. The van der Waals surface area contributed by atoms with Crippen molar-refractivity contribution < 1.29 is 30.9 Å². The zero-order valence-electron chi connectivity index (χ0n) is 11.5. The van der Waals surface area contributed by atoms with Gasteiger partial charge in [-0.05, 0) is 30.3 Å². The Labute approximate surface area is 132 Å². The van der Waals surface area contributed by atoms with E-state index in [9.17, 15) is 36.1 Å². The first kappa shape index (κ1) is 17.7. The van der Waals surface area contributed by atoms with E-state index >= 15 is 0 Å². The van der Waals surface area contributed by atoms with E-state index < -0.39 is 48.8 Å². The molecule has 0 radical (unpaired) electrons. The first-order chi connectivity index (χ1) is 11.0. The first-order valence-corrected chi connectivity index (χ1v) is 7.63. The minimum atomic E-state index is -4.67. The summed E-state index contributed by atoms with van der Waals surface area (Å²) in [6, 6.07) is 5.21. The smallest absolute Gasteiger partial charge is 0.280 e. The number of hydrogen-bond acceptors (Lipinski definition) is 4. The first-order valence-electron chi connectivity index (χ1n) is 6.15. The topological polar surface area (TPSA) is 89.3 Å². The van der Waals surface area contributed by atoms with Gasteiger partial charge in [0.25, 0.3) is 10.0 Å². The van der Waals surface area contributed by atoms with Gasteiger partial charge < -0.3 is 0 Å². The minimum Gasteiger partial charge on any atom is -0.280 e. The van der Waals surface area contributed by atoms with Crippen molar-refractivity contribution >= 4 is 21.4 Å². The normalized spacial score (nSPS) is 12.0. The number of rotatable bonds is 4. The highest BCUT2D eigenvalue weighted by Crippen LogP contribution is 2.31. The molecular formula is C13H8F4N2O4S. The second-order valence-corrected chi connectivity index (χ2v) is 6.24. The van der Waals surface area contributed by atoms with Gasteiger partial charge in [-0.2, -0.15) is 17.6 Å². The van der Waals surface area contributed by atoms with Crippen LogP contribution in [0.1, 0.15) is 5.56 Å². The zero-order chi connectivity index (χ0) is 18.1. The lowest BCUT2D eigenvalue weighted by Gasteiger charge is -2.11. The van der Waals surface area contributed by atoms with Gasteiger partial charge in [-0.3, -0.25) is 14.8 Å². The third-order valence-corrected chi connectivity index (χ3v) is 4.25. The fraction of sp³-hybridized carbons (Fsp3) is 0.0769. The van der Waals surface area contributed by atoms with Gasteiger partial charge in [0.05, 0.1) is 15.4 Å². The summed E-state index contributed by atoms with van der Waals surface area (Å²) in [6.07, 6.45) is -4.67. The van der Waals surface area contributed by atoms with E-state index in [2.05, 4.69) is 0 Å². The van der Waals surface area contributed by atoms with Crippen LogP contribution < -0.4 is 4.72 Å². The summed E-state index contributed by atoms with van der Waals surface area (Å²) in [5, 5.41) is 10.6. The Hall–Kier alpha value is -2.69. The van der Waals surface area contributed by atoms with Crippen LogP contribution in [-0.2, 0) is 16.2 Å². The molecule has 0 amide bonds. The highest BCUT2D eigenvalue weighted by atomic mass is 32.2. The van der Waals surface area contributed by atoms with Crippen LogP contribution in [0.15, 0.2) is 47.4 Å². The fourth-order valence-electron chi connectivity index (χ4n) is 1.77. The average Bonchev–Trinajstić information content (AvgIpc) is 2.46. The largest absolute Gasteiger partial charge is 0.416 e. The van der Waals surface area contributed by atoms with Crippen molar-refractivity contribution in [2.45, 2.75) is 11.1 Å². The summed E-state index contributed by atoms with van der Waals surface area (Å²) in [6.45, 7) is 0. The summed E-state index contributed by atoms with van der Waals surface area (Å²) in [7, 11) is -4.44. The molecule has 24 heavy (non-hydrogen) atoms. The van der Waals surface area contributed by atoms with E-state index in [4.69, 9.17) is 0 Å². The maximum atomic E-state index is 13.2. The Balaban J connectivity index is 2.39. The molecule has 128 valence electrons. The Kier molecular flexibility index (Phi) is 4.47. The van der Waals surface area contributed by atoms with Crippen LogP contribution >= 0.6 is 0 Å². The lowest BCUT2D eigenvalue weighted by Crippen LogP contribution is -2.14. The van der Waals surface area contributed by atoms with E-state index in [1.54, 1.807) is 0 Å². The van der Waals surface area contributed by atoms with Gasteiger partial charge >= 0.3 is 11.9 Å². The summed E-state index contributed by atoms with van der Waals surface area (Å²) in [5.41, 5.74) is -2.54. The van der Waals surface area contributed by atoms with Crippen molar-refractivity contribution in [3.63, 3.8) is 0 Å². The number of alkyl halides is 3. The number of nitro benzene ring substituents is 1. The molecule has 0 fully saturated rings. The Morgan fingerprint density at radius 2 is 1.75 bits per heavy atom. The standard InChI is InChI=1S/C13H8F4N2O4S/c14-11-5-4-10(7-12(11)19(20)21)24(22,23)18-9-3-1-2-8(6-9)13(15,16)17/h1-7,18H. The molecule has 0 spiro atoms. The Morgan fingerprint density at radius 1 is 1.08 bits per heavy atom. The van der Waals surface area contributed by atoms with Crippen molar-refractivity contribution in [3.05, 3.63) is 64.0 Å². The van der Waals surface area contributed by atoms with Crippen molar-refractivity contribution in [1.29, 1.82) is 0 Å².